The molecule has 1 aromatic rings. The van der Waals surface area contributed by atoms with Crippen LogP contribution in [0.4, 0.5) is 4.39 Å². The van der Waals surface area contributed by atoms with Gasteiger partial charge in [0.05, 0.1) is 0 Å². The summed E-state index contributed by atoms with van der Waals surface area (Å²) in [5.74, 6) is 2.40. The lowest BCUT2D eigenvalue weighted by Crippen LogP contribution is -2.13. The zero-order valence-corrected chi connectivity index (χ0v) is 13.6. The minimum atomic E-state index is -0.430. The highest BCUT2D eigenvalue weighted by atomic mass is 79.9. The maximum atomic E-state index is 12.0. The Hall–Kier alpha value is -0.570. The van der Waals surface area contributed by atoms with Crippen molar-refractivity contribution in [3.05, 3.63) is 29.8 Å². The van der Waals surface area contributed by atoms with Crippen LogP contribution in [0.25, 0.3) is 0 Å². The minimum absolute atomic E-state index is 0.151. The topological polar surface area (TPSA) is 9.23 Å². The van der Waals surface area contributed by atoms with Crippen molar-refractivity contribution >= 4 is 15.9 Å². The lowest BCUT2D eigenvalue weighted by molar-refractivity contribution is 0.273. The van der Waals surface area contributed by atoms with Gasteiger partial charge in [-0.3, -0.25) is 0 Å². The number of rotatable bonds is 7. The molecule has 0 aliphatic heterocycles. The van der Waals surface area contributed by atoms with Gasteiger partial charge in [-0.25, -0.2) is 4.39 Å². The van der Waals surface area contributed by atoms with Gasteiger partial charge in [0.1, 0.15) is 19.0 Å². The van der Waals surface area contributed by atoms with E-state index in [1.807, 2.05) is 12.1 Å². The molecule has 0 N–H and O–H groups in total. The molecular formula is C17H24BrFO. The number of ether oxygens (including phenoxy) is 1. The normalized spacial score (nSPS) is 22.7. The average Bonchev–Trinajstić information content (AvgIpc) is 2.52. The molecule has 2 rings (SSSR count). The minimum Gasteiger partial charge on any atom is -0.491 e. The van der Waals surface area contributed by atoms with Crippen molar-refractivity contribution in [1.29, 1.82) is 0 Å². The highest BCUT2D eigenvalue weighted by Crippen LogP contribution is 2.37. The van der Waals surface area contributed by atoms with E-state index in [4.69, 9.17) is 4.74 Å². The average molecular weight is 343 g/mol. The van der Waals surface area contributed by atoms with Crippen molar-refractivity contribution in [3.63, 3.8) is 0 Å². The molecule has 0 heterocycles. The van der Waals surface area contributed by atoms with E-state index in [1.54, 1.807) is 0 Å². The molecule has 0 radical (unpaired) electrons. The van der Waals surface area contributed by atoms with E-state index in [0.717, 1.165) is 17.0 Å². The third kappa shape index (κ3) is 4.76. The third-order valence-electron chi connectivity index (χ3n) is 4.29. The molecule has 3 heteroatoms. The summed E-state index contributed by atoms with van der Waals surface area (Å²) < 4.78 is 17.3. The zero-order chi connectivity index (χ0) is 14.2. The second-order valence-corrected chi connectivity index (χ2v) is 6.45. The van der Waals surface area contributed by atoms with Crippen molar-refractivity contribution in [2.75, 3.05) is 18.6 Å². The highest BCUT2D eigenvalue weighted by molar-refractivity contribution is 9.09. The van der Waals surface area contributed by atoms with Crippen molar-refractivity contribution in [2.24, 2.45) is 5.92 Å². The molecule has 1 aliphatic carbocycles. The van der Waals surface area contributed by atoms with Gasteiger partial charge in [0.2, 0.25) is 0 Å². The molecule has 1 aromatic carbocycles. The van der Waals surface area contributed by atoms with Crippen LogP contribution in [0.15, 0.2) is 24.3 Å². The standard InChI is InChI=1S/C17H24BrFO/c18-11-1-2-14-3-5-15(6-4-14)16-7-9-17(10-8-16)20-13-12-19/h7-10,14-15H,1-6,11-13H2/t14-,15-. The van der Waals surface area contributed by atoms with E-state index >= 15 is 0 Å². The van der Waals surface area contributed by atoms with Crippen LogP contribution in [0.5, 0.6) is 5.75 Å². The summed E-state index contributed by atoms with van der Waals surface area (Å²) in [5, 5.41) is 1.13. The summed E-state index contributed by atoms with van der Waals surface area (Å²) in [6.07, 6.45) is 7.99. The molecule has 0 bridgehead atoms. The van der Waals surface area contributed by atoms with Crippen LogP contribution in [-0.2, 0) is 0 Å². The Morgan fingerprint density at radius 1 is 1.10 bits per heavy atom. The van der Waals surface area contributed by atoms with Crippen molar-refractivity contribution in [1.82, 2.24) is 0 Å². The molecule has 20 heavy (non-hydrogen) atoms. The fourth-order valence-electron chi connectivity index (χ4n) is 3.14. The largest absolute Gasteiger partial charge is 0.491 e. The second kappa shape index (κ2) is 8.66. The van der Waals surface area contributed by atoms with E-state index in [0.29, 0.717) is 5.92 Å². The van der Waals surface area contributed by atoms with Crippen LogP contribution in [0.2, 0.25) is 0 Å². The van der Waals surface area contributed by atoms with Gasteiger partial charge >= 0.3 is 0 Å². The predicted octanol–water partition coefficient (Wildman–Crippen LogP) is 5.48. The fraction of sp³-hybridized carbons (Fsp3) is 0.647. The van der Waals surface area contributed by atoms with Gasteiger partial charge in [0.25, 0.3) is 0 Å². The Balaban J connectivity index is 1.81. The van der Waals surface area contributed by atoms with Crippen LogP contribution in [-0.4, -0.2) is 18.6 Å². The highest BCUT2D eigenvalue weighted by Gasteiger charge is 2.21. The predicted molar refractivity (Wildman–Crippen MR) is 85.6 cm³/mol. The first-order valence-corrected chi connectivity index (χ1v) is 8.80. The van der Waals surface area contributed by atoms with Gasteiger partial charge in [0.15, 0.2) is 0 Å². The monoisotopic (exact) mass is 342 g/mol. The Kier molecular flexibility index (Phi) is 6.85. The third-order valence-corrected chi connectivity index (χ3v) is 4.85. The Morgan fingerprint density at radius 3 is 2.40 bits per heavy atom. The molecule has 0 amide bonds. The molecule has 1 aliphatic rings. The number of hydrogen-bond acceptors (Lipinski definition) is 1. The second-order valence-electron chi connectivity index (χ2n) is 5.66. The summed E-state index contributed by atoms with van der Waals surface area (Å²) in [6.45, 7) is -0.280. The summed E-state index contributed by atoms with van der Waals surface area (Å²) in [4.78, 5) is 0. The van der Waals surface area contributed by atoms with Crippen molar-refractivity contribution in [3.8, 4) is 5.75 Å². The van der Waals surface area contributed by atoms with E-state index in [2.05, 4.69) is 28.1 Å². The first-order valence-electron chi connectivity index (χ1n) is 7.68. The molecule has 0 saturated heterocycles. The first-order chi connectivity index (χ1) is 9.83. The molecule has 0 aromatic heterocycles. The van der Waals surface area contributed by atoms with Gasteiger partial charge in [-0.2, -0.15) is 0 Å². The maximum Gasteiger partial charge on any atom is 0.123 e. The van der Waals surface area contributed by atoms with E-state index in [1.165, 1.54) is 44.1 Å². The first kappa shape index (κ1) is 15.8. The SMILES string of the molecule is FCCOc1ccc([C@H]2CC[C@H](CCCBr)CC2)cc1. The lowest BCUT2D eigenvalue weighted by atomic mass is 9.77. The molecule has 1 fully saturated rings. The Labute approximate surface area is 130 Å². The summed E-state index contributed by atoms with van der Waals surface area (Å²) >= 11 is 3.51. The summed E-state index contributed by atoms with van der Waals surface area (Å²) in [5.41, 5.74) is 1.41. The van der Waals surface area contributed by atoms with E-state index in [9.17, 15) is 4.39 Å². The molecular weight excluding hydrogens is 319 g/mol. The van der Waals surface area contributed by atoms with Gasteiger partial charge in [0, 0.05) is 5.33 Å². The quantitative estimate of drug-likeness (QED) is 0.596. The summed E-state index contributed by atoms with van der Waals surface area (Å²) in [6, 6.07) is 8.25. The number of benzene rings is 1. The van der Waals surface area contributed by atoms with Crippen LogP contribution in [0.1, 0.15) is 50.0 Å². The van der Waals surface area contributed by atoms with Crippen LogP contribution >= 0.6 is 15.9 Å². The van der Waals surface area contributed by atoms with Crippen LogP contribution in [0, 0.1) is 5.92 Å². The number of hydrogen-bond donors (Lipinski definition) is 0. The zero-order valence-electron chi connectivity index (χ0n) is 12.0. The van der Waals surface area contributed by atoms with E-state index in [-0.39, 0.29) is 6.61 Å². The summed E-state index contributed by atoms with van der Waals surface area (Å²) in [7, 11) is 0. The Morgan fingerprint density at radius 2 is 1.80 bits per heavy atom. The molecule has 1 nitrogen and oxygen atoms in total. The lowest BCUT2D eigenvalue weighted by Gasteiger charge is -2.28. The van der Waals surface area contributed by atoms with Crippen LogP contribution < -0.4 is 4.74 Å². The molecule has 0 spiro atoms. The molecule has 0 atom stereocenters. The van der Waals surface area contributed by atoms with Crippen molar-refractivity contribution in [2.45, 2.75) is 44.4 Å². The van der Waals surface area contributed by atoms with E-state index < -0.39 is 6.67 Å². The van der Waals surface area contributed by atoms with Crippen molar-refractivity contribution < 1.29 is 9.13 Å². The molecule has 0 unspecified atom stereocenters. The van der Waals surface area contributed by atoms with Crippen LogP contribution in [0.3, 0.4) is 0 Å². The number of alkyl halides is 2. The van der Waals surface area contributed by atoms with Gasteiger partial charge in [-0.1, -0.05) is 28.1 Å². The van der Waals surface area contributed by atoms with Gasteiger partial charge < -0.3 is 4.74 Å². The molecule has 1 saturated carbocycles. The number of halogens is 2. The fourth-order valence-corrected chi connectivity index (χ4v) is 3.47. The maximum absolute atomic E-state index is 12.0. The molecule has 112 valence electrons. The Bertz CT molecular complexity index is 371. The smallest absolute Gasteiger partial charge is 0.123 e. The van der Waals surface area contributed by atoms with Gasteiger partial charge in [-0.05, 0) is 68.1 Å². The van der Waals surface area contributed by atoms with Gasteiger partial charge in [-0.15, -0.1) is 0 Å².